The van der Waals surface area contributed by atoms with Crippen molar-refractivity contribution >= 4 is 16.9 Å². The summed E-state index contributed by atoms with van der Waals surface area (Å²) in [7, 11) is 0. The summed E-state index contributed by atoms with van der Waals surface area (Å²) in [6.07, 6.45) is 0.938. The Labute approximate surface area is 181 Å². The molecule has 0 aliphatic carbocycles. The van der Waals surface area contributed by atoms with E-state index >= 15 is 0 Å². The van der Waals surface area contributed by atoms with E-state index in [0.29, 0.717) is 36.3 Å². The molecule has 2 aliphatic heterocycles. The van der Waals surface area contributed by atoms with Crippen molar-refractivity contribution in [2.24, 2.45) is 0 Å². The fourth-order valence-corrected chi connectivity index (χ4v) is 4.55. The van der Waals surface area contributed by atoms with E-state index in [9.17, 15) is 9.59 Å². The average Bonchev–Trinajstić information content (AvgIpc) is 3.10. The van der Waals surface area contributed by atoms with Crippen LogP contribution in [0.3, 0.4) is 0 Å². The maximum atomic E-state index is 13.5. The van der Waals surface area contributed by atoms with Crippen LogP contribution in [0.25, 0.3) is 11.0 Å². The zero-order valence-electron chi connectivity index (χ0n) is 17.7. The van der Waals surface area contributed by atoms with E-state index in [1.54, 1.807) is 17.0 Å². The Balaban J connectivity index is 1.58. The minimum absolute atomic E-state index is 0.122. The second kappa shape index (κ2) is 8.29. The van der Waals surface area contributed by atoms with Crippen LogP contribution in [0.5, 0.6) is 0 Å². The molecule has 3 heterocycles. The number of ether oxygens (including phenoxy) is 1. The minimum atomic E-state index is -0.435. The molecule has 31 heavy (non-hydrogen) atoms. The van der Waals surface area contributed by atoms with Crippen molar-refractivity contribution in [1.29, 1.82) is 0 Å². The van der Waals surface area contributed by atoms with Gasteiger partial charge in [-0.3, -0.25) is 14.5 Å². The number of rotatable bonds is 5. The monoisotopic (exact) mass is 418 g/mol. The maximum Gasteiger partial charge on any atom is 0.290 e. The summed E-state index contributed by atoms with van der Waals surface area (Å²) in [5.74, 6) is -0.0362. The van der Waals surface area contributed by atoms with Gasteiger partial charge >= 0.3 is 0 Å². The molecule has 5 rings (SSSR count). The van der Waals surface area contributed by atoms with Crippen LogP contribution in [0.2, 0.25) is 0 Å². The lowest BCUT2D eigenvalue weighted by Crippen LogP contribution is -2.42. The predicted molar refractivity (Wildman–Crippen MR) is 118 cm³/mol. The van der Waals surface area contributed by atoms with Crippen molar-refractivity contribution in [3.63, 3.8) is 0 Å². The van der Waals surface area contributed by atoms with Crippen molar-refractivity contribution in [3.8, 4) is 0 Å². The molecule has 0 radical (unpaired) electrons. The van der Waals surface area contributed by atoms with Gasteiger partial charge in [-0.2, -0.15) is 0 Å². The summed E-state index contributed by atoms with van der Waals surface area (Å²) in [6.45, 7) is 6.50. The van der Waals surface area contributed by atoms with Crippen LogP contribution in [0, 0.1) is 0 Å². The zero-order valence-corrected chi connectivity index (χ0v) is 17.7. The number of aryl methyl sites for hydroxylation is 1. The van der Waals surface area contributed by atoms with Gasteiger partial charge in [0.05, 0.1) is 30.2 Å². The van der Waals surface area contributed by atoms with Gasteiger partial charge < -0.3 is 14.1 Å². The zero-order chi connectivity index (χ0) is 21.4. The first kappa shape index (κ1) is 20.0. The third-order valence-electron chi connectivity index (χ3n) is 6.34. The van der Waals surface area contributed by atoms with Gasteiger partial charge in [0.2, 0.25) is 5.76 Å². The second-order valence-electron chi connectivity index (χ2n) is 8.12. The predicted octanol–water partition coefficient (Wildman–Crippen LogP) is 3.23. The molecule has 0 N–H and O–H groups in total. The first-order valence-electron chi connectivity index (χ1n) is 10.9. The summed E-state index contributed by atoms with van der Waals surface area (Å²) in [5.41, 5.74) is 2.95. The third kappa shape index (κ3) is 3.56. The van der Waals surface area contributed by atoms with Gasteiger partial charge in [0.1, 0.15) is 5.58 Å². The molecule has 6 nitrogen and oxygen atoms in total. The number of benzene rings is 2. The highest BCUT2D eigenvalue weighted by Gasteiger charge is 2.42. The van der Waals surface area contributed by atoms with Crippen LogP contribution >= 0.6 is 0 Å². The first-order chi connectivity index (χ1) is 15.2. The number of hydrogen-bond donors (Lipinski definition) is 0. The molecule has 0 bridgehead atoms. The number of morpholine rings is 1. The van der Waals surface area contributed by atoms with Crippen LogP contribution in [-0.4, -0.2) is 55.1 Å². The van der Waals surface area contributed by atoms with Gasteiger partial charge in [0.25, 0.3) is 5.91 Å². The van der Waals surface area contributed by atoms with Crippen LogP contribution in [0.1, 0.15) is 40.2 Å². The summed E-state index contributed by atoms with van der Waals surface area (Å²) in [6, 6.07) is 14.9. The number of para-hydroxylation sites is 1. The fourth-order valence-electron chi connectivity index (χ4n) is 4.55. The van der Waals surface area contributed by atoms with Gasteiger partial charge in [-0.25, -0.2) is 0 Å². The molecule has 1 unspecified atom stereocenters. The Morgan fingerprint density at radius 2 is 1.71 bits per heavy atom. The third-order valence-corrected chi connectivity index (χ3v) is 6.34. The standard InChI is InChI=1S/C25H26N2O4/c1-2-17-7-9-18(10-8-17)22-21-23(28)19-5-3-4-6-20(19)31-24(21)25(29)27(22)12-11-26-13-15-30-16-14-26/h3-10,22H,2,11-16H2,1H3. The highest BCUT2D eigenvalue weighted by Crippen LogP contribution is 2.38. The van der Waals surface area contributed by atoms with Crippen LogP contribution in [0.4, 0.5) is 0 Å². The van der Waals surface area contributed by atoms with E-state index in [0.717, 1.165) is 31.6 Å². The molecule has 1 amide bonds. The van der Waals surface area contributed by atoms with Crippen molar-refractivity contribution in [2.75, 3.05) is 39.4 Å². The van der Waals surface area contributed by atoms with E-state index < -0.39 is 6.04 Å². The Kier molecular flexibility index (Phi) is 5.34. The summed E-state index contributed by atoms with van der Waals surface area (Å²) < 4.78 is 11.4. The van der Waals surface area contributed by atoms with E-state index in [2.05, 4.69) is 24.0 Å². The lowest BCUT2D eigenvalue weighted by atomic mass is 9.97. The van der Waals surface area contributed by atoms with Gasteiger partial charge in [-0.15, -0.1) is 0 Å². The maximum absolute atomic E-state index is 13.5. The Hall–Kier alpha value is -2.96. The lowest BCUT2D eigenvalue weighted by molar-refractivity contribution is 0.0314. The number of carbonyl (C=O) groups is 1. The number of hydrogen-bond acceptors (Lipinski definition) is 5. The van der Waals surface area contributed by atoms with Crippen molar-refractivity contribution in [1.82, 2.24) is 9.80 Å². The molecule has 0 saturated carbocycles. The molecule has 2 aromatic carbocycles. The van der Waals surface area contributed by atoms with Crippen LogP contribution in [-0.2, 0) is 11.2 Å². The molecule has 160 valence electrons. The Bertz CT molecular complexity index is 1160. The van der Waals surface area contributed by atoms with Crippen molar-refractivity contribution < 1.29 is 13.9 Å². The number of nitrogens with zero attached hydrogens (tertiary/aromatic N) is 2. The first-order valence-corrected chi connectivity index (χ1v) is 10.9. The van der Waals surface area contributed by atoms with Gasteiger partial charge in [-0.1, -0.05) is 43.3 Å². The average molecular weight is 418 g/mol. The van der Waals surface area contributed by atoms with E-state index in [4.69, 9.17) is 9.15 Å². The lowest BCUT2D eigenvalue weighted by Gasteiger charge is -2.31. The van der Waals surface area contributed by atoms with Crippen LogP contribution < -0.4 is 5.43 Å². The molecule has 1 saturated heterocycles. The number of carbonyl (C=O) groups excluding carboxylic acids is 1. The molecule has 0 spiro atoms. The normalized spacial score (nSPS) is 19.2. The molecular formula is C25H26N2O4. The smallest absolute Gasteiger partial charge is 0.290 e. The van der Waals surface area contributed by atoms with Gasteiger partial charge in [-0.05, 0) is 29.7 Å². The molecule has 1 aromatic heterocycles. The number of amides is 1. The Morgan fingerprint density at radius 1 is 0.968 bits per heavy atom. The second-order valence-corrected chi connectivity index (χ2v) is 8.12. The molecule has 2 aliphatic rings. The van der Waals surface area contributed by atoms with Gasteiger partial charge in [0.15, 0.2) is 5.43 Å². The number of fused-ring (bicyclic) bond motifs is 2. The molecule has 6 heteroatoms. The van der Waals surface area contributed by atoms with Crippen LogP contribution in [0.15, 0.2) is 57.7 Å². The summed E-state index contributed by atoms with van der Waals surface area (Å²) >= 11 is 0. The van der Waals surface area contributed by atoms with E-state index in [1.807, 2.05) is 24.3 Å². The quantitative estimate of drug-likeness (QED) is 0.637. The molecule has 3 aromatic rings. The topological polar surface area (TPSA) is 63.0 Å². The molecule has 1 fully saturated rings. The molecular weight excluding hydrogens is 392 g/mol. The van der Waals surface area contributed by atoms with E-state index in [1.165, 1.54) is 5.56 Å². The summed E-state index contributed by atoms with van der Waals surface area (Å²) in [4.78, 5) is 31.0. The highest BCUT2D eigenvalue weighted by molar-refractivity contribution is 5.99. The SMILES string of the molecule is CCc1ccc(C2c3c(oc4ccccc4c3=O)C(=O)N2CCN2CCOCC2)cc1. The summed E-state index contributed by atoms with van der Waals surface area (Å²) in [5, 5.41) is 0.513. The Morgan fingerprint density at radius 3 is 2.45 bits per heavy atom. The van der Waals surface area contributed by atoms with E-state index in [-0.39, 0.29) is 17.1 Å². The fraction of sp³-hybridized carbons (Fsp3) is 0.360. The minimum Gasteiger partial charge on any atom is -0.450 e. The van der Waals surface area contributed by atoms with Gasteiger partial charge in [0, 0.05) is 26.2 Å². The van der Waals surface area contributed by atoms with Crippen molar-refractivity contribution in [3.05, 3.63) is 81.2 Å². The highest BCUT2D eigenvalue weighted by atomic mass is 16.5. The largest absolute Gasteiger partial charge is 0.450 e. The molecule has 1 atom stereocenters. The van der Waals surface area contributed by atoms with Crippen molar-refractivity contribution in [2.45, 2.75) is 19.4 Å².